The van der Waals surface area contributed by atoms with Gasteiger partial charge in [-0.25, -0.2) is 5.43 Å². The van der Waals surface area contributed by atoms with E-state index >= 15 is 0 Å². The standard InChI is InChI=1S/C21H19ClN4O2S3/c1-2-4-15-5-3-6-16(19(15)28)11-23-24-18(27)13-30-21-26-25-20(31-21)29-12-14-7-9-17(22)10-8-14/h2-3,5-11,28H,1,4,12-13H2,(H,24,27). The molecule has 0 aliphatic heterocycles. The van der Waals surface area contributed by atoms with Crippen molar-refractivity contribution in [3.05, 3.63) is 76.8 Å². The highest BCUT2D eigenvalue weighted by atomic mass is 35.5. The van der Waals surface area contributed by atoms with Gasteiger partial charge in [0.1, 0.15) is 5.75 Å². The summed E-state index contributed by atoms with van der Waals surface area (Å²) in [6, 6.07) is 13.0. The number of halogens is 1. The van der Waals surface area contributed by atoms with E-state index in [0.29, 0.717) is 21.3 Å². The van der Waals surface area contributed by atoms with Gasteiger partial charge in [0.25, 0.3) is 5.91 Å². The monoisotopic (exact) mass is 490 g/mol. The highest BCUT2D eigenvalue weighted by Crippen LogP contribution is 2.30. The van der Waals surface area contributed by atoms with Gasteiger partial charge in [0.15, 0.2) is 8.68 Å². The molecular formula is C21H19ClN4O2S3. The SMILES string of the molecule is C=CCc1cccc(C=NNC(=O)CSc2nnc(SCc3ccc(Cl)cc3)s2)c1O. The minimum absolute atomic E-state index is 0.132. The summed E-state index contributed by atoms with van der Waals surface area (Å²) in [5, 5.41) is 23.1. The molecule has 160 valence electrons. The number of phenolic OH excluding ortho intramolecular Hbond substituents is 1. The van der Waals surface area contributed by atoms with Crippen molar-refractivity contribution < 1.29 is 9.90 Å². The zero-order chi connectivity index (χ0) is 22.1. The maximum Gasteiger partial charge on any atom is 0.250 e. The molecule has 1 heterocycles. The summed E-state index contributed by atoms with van der Waals surface area (Å²) >= 11 is 10.2. The van der Waals surface area contributed by atoms with Crippen LogP contribution in [0, 0.1) is 0 Å². The summed E-state index contributed by atoms with van der Waals surface area (Å²) < 4.78 is 1.55. The Labute approximate surface area is 197 Å². The first-order chi connectivity index (χ1) is 15.0. The lowest BCUT2D eigenvalue weighted by atomic mass is 10.1. The topological polar surface area (TPSA) is 87.5 Å². The molecule has 0 saturated heterocycles. The van der Waals surface area contributed by atoms with Gasteiger partial charge in [-0.2, -0.15) is 5.10 Å². The van der Waals surface area contributed by atoms with Crippen molar-refractivity contribution in [1.29, 1.82) is 0 Å². The molecule has 0 radical (unpaired) electrons. The number of benzene rings is 2. The van der Waals surface area contributed by atoms with Crippen LogP contribution in [0.25, 0.3) is 0 Å². The number of rotatable bonds is 10. The van der Waals surface area contributed by atoms with Crippen LogP contribution < -0.4 is 5.43 Å². The van der Waals surface area contributed by atoms with Crippen molar-refractivity contribution in [1.82, 2.24) is 15.6 Å². The highest BCUT2D eigenvalue weighted by Gasteiger charge is 2.09. The molecule has 1 amide bonds. The highest BCUT2D eigenvalue weighted by molar-refractivity contribution is 8.03. The summed E-state index contributed by atoms with van der Waals surface area (Å²) in [4.78, 5) is 12.0. The molecule has 0 atom stereocenters. The zero-order valence-corrected chi connectivity index (χ0v) is 19.5. The van der Waals surface area contributed by atoms with E-state index in [-0.39, 0.29) is 17.4 Å². The van der Waals surface area contributed by atoms with Crippen LogP contribution in [-0.4, -0.2) is 33.2 Å². The van der Waals surface area contributed by atoms with Gasteiger partial charge in [-0.1, -0.05) is 76.8 Å². The van der Waals surface area contributed by atoms with Crippen molar-refractivity contribution in [3.8, 4) is 5.75 Å². The molecule has 0 spiro atoms. The van der Waals surface area contributed by atoms with E-state index in [1.165, 1.54) is 29.3 Å². The van der Waals surface area contributed by atoms with Crippen LogP contribution in [0.2, 0.25) is 5.02 Å². The van der Waals surface area contributed by atoms with Crippen LogP contribution >= 0.6 is 46.5 Å². The molecule has 0 aliphatic rings. The lowest BCUT2D eigenvalue weighted by Gasteiger charge is -2.04. The van der Waals surface area contributed by atoms with Crippen molar-refractivity contribution in [2.24, 2.45) is 5.10 Å². The summed E-state index contributed by atoms with van der Waals surface area (Å²) in [7, 11) is 0. The third kappa shape index (κ3) is 7.39. The molecule has 0 fully saturated rings. The Morgan fingerprint density at radius 3 is 2.68 bits per heavy atom. The van der Waals surface area contributed by atoms with Gasteiger partial charge < -0.3 is 5.11 Å². The van der Waals surface area contributed by atoms with Crippen molar-refractivity contribution in [2.75, 3.05) is 5.75 Å². The van der Waals surface area contributed by atoms with Crippen molar-refractivity contribution in [2.45, 2.75) is 20.9 Å². The van der Waals surface area contributed by atoms with E-state index in [4.69, 9.17) is 11.6 Å². The number of thioether (sulfide) groups is 2. The van der Waals surface area contributed by atoms with Crippen LogP contribution in [0.1, 0.15) is 16.7 Å². The number of hydrogen-bond donors (Lipinski definition) is 2. The molecule has 0 saturated carbocycles. The van der Waals surface area contributed by atoms with Crippen LogP contribution in [0.4, 0.5) is 0 Å². The average Bonchev–Trinajstić information content (AvgIpc) is 3.22. The number of amides is 1. The number of para-hydroxylation sites is 1. The predicted octanol–water partition coefficient (Wildman–Crippen LogP) is 5.16. The Hall–Kier alpha value is -2.33. The molecule has 0 aliphatic carbocycles. The van der Waals surface area contributed by atoms with Crippen molar-refractivity contribution in [3.63, 3.8) is 0 Å². The molecule has 3 aromatic rings. The van der Waals surface area contributed by atoms with Gasteiger partial charge in [0.2, 0.25) is 0 Å². The Morgan fingerprint density at radius 1 is 1.19 bits per heavy atom. The Balaban J connectivity index is 1.44. The van der Waals surface area contributed by atoms with Gasteiger partial charge in [0.05, 0.1) is 12.0 Å². The number of carbonyl (C=O) groups is 1. The summed E-state index contributed by atoms with van der Waals surface area (Å²) in [5.41, 5.74) is 4.89. The maximum absolute atomic E-state index is 12.0. The zero-order valence-electron chi connectivity index (χ0n) is 16.3. The minimum atomic E-state index is -0.270. The largest absolute Gasteiger partial charge is 0.507 e. The van der Waals surface area contributed by atoms with E-state index in [0.717, 1.165) is 21.2 Å². The first kappa shape index (κ1) is 23.3. The molecule has 2 N–H and O–H groups in total. The average molecular weight is 491 g/mol. The summed E-state index contributed by atoms with van der Waals surface area (Å²) in [6.45, 7) is 3.67. The summed E-state index contributed by atoms with van der Waals surface area (Å²) in [5.74, 6) is 0.795. The first-order valence-electron chi connectivity index (χ1n) is 9.12. The number of nitrogens with zero attached hydrogens (tertiary/aromatic N) is 3. The van der Waals surface area contributed by atoms with E-state index in [2.05, 4.69) is 27.3 Å². The van der Waals surface area contributed by atoms with Crippen molar-refractivity contribution >= 4 is 58.6 Å². The lowest BCUT2D eigenvalue weighted by molar-refractivity contribution is -0.118. The van der Waals surface area contributed by atoms with Gasteiger partial charge >= 0.3 is 0 Å². The number of aromatic nitrogens is 2. The number of hydrogen-bond acceptors (Lipinski definition) is 8. The third-order valence-corrected chi connectivity index (χ3v) is 7.41. The van der Waals surface area contributed by atoms with Gasteiger partial charge in [-0.05, 0) is 35.7 Å². The number of nitrogens with one attached hydrogen (secondary N) is 1. The van der Waals surface area contributed by atoms with Gasteiger partial charge in [-0.3, -0.25) is 4.79 Å². The number of carbonyl (C=O) groups excluding carboxylic acids is 1. The normalized spacial score (nSPS) is 11.0. The molecule has 31 heavy (non-hydrogen) atoms. The fraction of sp³-hybridized carbons (Fsp3) is 0.143. The van der Waals surface area contributed by atoms with Gasteiger partial charge in [0, 0.05) is 16.3 Å². The van der Waals surface area contributed by atoms with Crippen LogP contribution in [-0.2, 0) is 17.0 Å². The van der Waals surface area contributed by atoms with E-state index in [1.54, 1.807) is 23.9 Å². The molecule has 3 rings (SSSR count). The molecule has 0 bridgehead atoms. The van der Waals surface area contributed by atoms with Crippen LogP contribution in [0.5, 0.6) is 5.75 Å². The fourth-order valence-electron chi connectivity index (χ4n) is 2.41. The second-order valence-electron chi connectivity index (χ2n) is 6.18. The van der Waals surface area contributed by atoms with E-state index < -0.39 is 0 Å². The lowest BCUT2D eigenvalue weighted by Crippen LogP contribution is -2.19. The molecule has 2 aromatic carbocycles. The molecule has 0 unspecified atom stereocenters. The van der Waals surface area contributed by atoms with E-state index in [9.17, 15) is 9.90 Å². The quantitative estimate of drug-likeness (QED) is 0.177. The Kier molecular flexibility index (Phi) is 8.96. The second kappa shape index (κ2) is 11.9. The number of allylic oxidation sites excluding steroid dienone is 1. The maximum atomic E-state index is 12.0. The first-order valence-corrected chi connectivity index (χ1v) is 12.3. The minimum Gasteiger partial charge on any atom is -0.507 e. The number of phenols is 1. The number of aromatic hydroxyl groups is 1. The Bertz CT molecular complexity index is 1070. The fourth-order valence-corrected chi connectivity index (χ4v) is 5.30. The summed E-state index contributed by atoms with van der Waals surface area (Å²) in [6.07, 6.45) is 3.68. The third-order valence-electron chi connectivity index (χ3n) is 3.90. The molecule has 1 aromatic heterocycles. The van der Waals surface area contributed by atoms with Crippen LogP contribution in [0.3, 0.4) is 0 Å². The molecular weight excluding hydrogens is 472 g/mol. The number of hydrazone groups is 1. The Morgan fingerprint density at radius 2 is 1.94 bits per heavy atom. The van der Waals surface area contributed by atoms with Crippen LogP contribution in [0.15, 0.2) is 68.9 Å². The van der Waals surface area contributed by atoms with E-state index in [1.807, 2.05) is 36.4 Å². The molecule has 6 nitrogen and oxygen atoms in total. The predicted molar refractivity (Wildman–Crippen MR) is 129 cm³/mol. The smallest absolute Gasteiger partial charge is 0.250 e. The van der Waals surface area contributed by atoms with Gasteiger partial charge in [-0.15, -0.1) is 16.8 Å². The molecule has 10 heteroatoms. The second-order valence-corrected chi connectivity index (χ2v) is 10.0.